The molecule has 8 heteroatoms. The number of carbonyl (C=O) groups is 1. The topological polar surface area (TPSA) is 59.9 Å². The average molecular weight is 600 g/mol. The molecule has 30 heavy (non-hydrogen) atoms. The van der Waals surface area contributed by atoms with Crippen molar-refractivity contribution in [2.75, 3.05) is 7.11 Å². The van der Waals surface area contributed by atoms with Gasteiger partial charge in [0.1, 0.15) is 6.61 Å². The second-order valence-electron chi connectivity index (χ2n) is 6.09. The summed E-state index contributed by atoms with van der Waals surface area (Å²) >= 11 is 11.7. The van der Waals surface area contributed by atoms with Gasteiger partial charge in [-0.2, -0.15) is 5.10 Å². The van der Waals surface area contributed by atoms with Crippen LogP contribution in [0.15, 0.2) is 70.2 Å². The van der Waals surface area contributed by atoms with Crippen LogP contribution in [0.4, 0.5) is 0 Å². The number of amides is 1. The molecule has 154 valence electrons. The molecule has 1 amide bonds. The number of nitrogens with zero attached hydrogens (tertiary/aromatic N) is 1. The largest absolute Gasteiger partial charge is 0.493 e. The Balaban J connectivity index is 1.72. The van der Waals surface area contributed by atoms with Gasteiger partial charge in [0.05, 0.1) is 22.5 Å². The second kappa shape index (κ2) is 10.8. The summed E-state index contributed by atoms with van der Waals surface area (Å²) in [4.78, 5) is 12.2. The lowest BCUT2D eigenvalue weighted by Gasteiger charge is -2.14. The first-order chi connectivity index (χ1) is 14.5. The number of hydrazone groups is 1. The summed E-state index contributed by atoms with van der Waals surface area (Å²) in [5, 5.41) is 4.70. The van der Waals surface area contributed by atoms with Crippen LogP contribution in [-0.4, -0.2) is 19.2 Å². The highest BCUT2D eigenvalue weighted by Gasteiger charge is 2.13. The molecule has 1 N–H and O–H groups in total. The summed E-state index contributed by atoms with van der Waals surface area (Å²) in [7, 11) is 1.57. The van der Waals surface area contributed by atoms with Gasteiger partial charge in [-0.1, -0.05) is 41.9 Å². The third-order valence-electron chi connectivity index (χ3n) is 4.08. The summed E-state index contributed by atoms with van der Waals surface area (Å²) in [5.41, 5.74) is 4.67. The lowest BCUT2D eigenvalue weighted by molar-refractivity contribution is 0.0954. The first-order valence-corrected chi connectivity index (χ1v) is 11.1. The van der Waals surface area contributed by atoms with Gasteiger partial charge in [0.15, 0.2) is 11.5 Å². The van der Waals surface area contributed by atoms with Gasteiger partial charge in [0.2, 0.25) is 0 Å². The van der Waals surface area contributed by atoms with E-state index in [-0.39, 0.29) is 5.91 Å². The molecular weight excluding hydrogens is 583 g/mol. The van der Waals surface area contributed by atoms with Gasteiger partial charge in [-0.3, -0.25) is 4.79 Å². The SMILES string of the molecule is COc1cc(/C=N\NC(=O)c2ccccc2Br)cc(I)c1OCc1ccccc1Cl. The zero-order valence-electron chi connectivity index (χ0n) is 15.9. The maximum Gasteiger partial charge on any atom is 0.272 e. The number of methoxy groups -OCH3 is 1. The lowest BCUT2D eigenvalue weighted by Crippen LogP contribution is -2.18. The van der Waals surface area contributed by atoms with Crippen molar-refractivity contribution in [3.8, 4) is 11.5 Å². The molecule has 0 aliphatic rings. The Morgan fingerprint density at radius 2 is 1.93 bits per heavy atom. The number of nitrogens with one attached hydrogen (secondary N) is 1. The van der Waals surface area contributed by atoms with Gasteiger partial charge < -0.3 is 9.47 Å². The van der Waals surface area contributed by atoms with E-state index in [1.807, 2.05) is 36.4 Å². The van der Waals surface area contributed by atoms with Crippen molar-refractivity contribution in [3.05, 3.63) is 90.4 Å². The van der Waals surface area contributed by atoms with Gasteiger partial charge in [-0.25, -0.2) is 5.43 Å². The van der Waals surface area contributed by atoms with Crippen LogP contribution in [0.3, 0.4) is 0 Å². The van der Waals surface area contributed by atoms with E-state index in [1.165, 1.54) is 0 Å². The molecule has 0 aliphatic carbocycles. The number of rotatable bonds is 7. The van der Waals surface area contributed by atoms with Crippen LogP contribution in [0, 0.1) is 3.57 Å². The Labute approximate surface area is 201 Å². The molecule has 3 aromatic rings. The van der Waals surface area contributed by atoms with E-state index in [0.29, 0.717) is 33.2 Å². The maximum atomic E-state index is 12.2. The van der Waals surface area contributed by atoms with E-state index in [0.717, 1.165) is 14.7 Å². The van der Waals surface area contributed by atoms with Crippen LogP contribution in [0.2, 0.25) is 5.02 Å². The van der Waals surface area contributed by atoms with E-state index in [1.54, 1.807) is 37.6 Å². The highest BCUT2D eigenvalue weighted by atomic mass is 127. The van der Waals surface area contributed by atoms with Crippen LogP contribution in [0.1, 0.15) is 21.5 Å². The molecule has 3 rings (SSSR count). The predicted octanol–water partition coefficient (Wildman–Crippen LogP) is 6.06. The fourth-order valence-corrected chi connectivity index (χ4v) is 4.03. The molecule has 3 aromatic carbocycles. The minimum absolute atomic E-state index is 0.305. The van der Waals surface area contributed by atoms with Crippen molar-refractivity contribution < 1.29 is 14.3 Å². The second-order valence-corrected chi connectivity index (χ2v) is 8.52. The molecule has 0 saturated heterocycles. The Hall–Kier alpha value is -2.10. The van der Waals surface area contributed by atoms with Crippen molar-refractivity contribution in [1.29, 1.82) is 0 Å². The van der Waals surface area contributed by atoms with Crippen molar-refractivity contribution in [1.82, 2.24) is 5.43 Å². The molecule has 0 unspecified atom stereocenters. The lowest BCUT2D eigenvalue weighted by atomic mass is 10.2. The number of hydrogen-bond donors (Lipinski definition) is 1. The molecule has 0 aromatic heterocycles. The molecular formula is C22H17BrClIN2O3. The number of ether oxygens (including phenoxy) is 2. The van der Waals surface area contributed by atoms with Crippen molar-refractivity contribution in [2.45, 2.75) is 6.61 Å². The summed E-state index contributed by atoms with van der Waals surface area (Å²) < 4.78 is 13.0. The fourth-order valence-electron chi connectivity index (χ4n) is 2.59. The predicted molar refractivity (Wildman–Crippen MR) is 131 cm³/mol. The molecule has 0 saturated carbocycles. The van der Waals surface area contributed by atoms with E-state index in [2.05, 4.69) is 49.0 Å². The maximum absolute atomic E-state index is 12.2. The third kappa shape index (κ3) is 5.74. The Kier molecular flexibility index (Phi) is 8.12. The van der Waals surface area contributed by atoms with Gasteiger partial charge in [-0.15, -0.1) is 0 Å². The summed E-state index contributed by atoms with van der Waals surface area (Å²) in [6.45, 7) is 0.321. The number of halogens is 3. The minimum atomic E-state index is -0.305. The van der Waals surface area contributed by atoms with Crippen molar-refractivity contribution >= 4 is 62.2 Å². The molecule has 0 radical (unpaired) electrons. The number of carbonyl (C=O) groups excluding carboxylic acids is 1. The Morgan fingerprint density at radius 3 is 2.67 bits per heavy atom. The standard InChI is InChI=1S/C22H17BrClIN2O3/c1-29-20-11-14(12-26-27-22(28)16-7-3-4-8-17(16)23)10-19(25)21(20)30-13-15-6-2-5-9-18(15)24/h2-12H,13H2,1H3,(H,27,28)/b26-12-. The third-order valence-corrected chi connectivity index (χ3v) is 5.94. The fraction of sp³-hybridized carbons (Fsp3) is 0.0909. The van der Waals surface area contributed by atoms with Crippen LogP contribution in [0.5, 0.6) is 11.5 Å². The van der Waals surface area contributed by atoms with E-state index in [9.17, 15) is 4.79 Å². The van der Waals surface area contributed by atoms with Gasteiger partial charge >= 0.3 is 0 Å². The molecule has 0 atom stereocenters. The normalized spacial score (nSPS) is 10.8. The van der Waals surface area contributed by atoms with Crippen molar-refractivity contribution in [3.63, 3.8) is 0 Å². The first-order valence-electron chi connectivity index (χ1n) is 8.81. The summed E-state index contributed by atoms with van der Waals surface area (Å²) in [6.07, 6.45) is 1.55. The number of hydrogen-bond acceptors (Lipinski definition) is 4. The highest BCUT2D eigenvalue weighted by molar-refractivity contribution is 14.1. The highest BCUT2D eigenvalue weighted by Crippen LogP contribution is 2.34. The zero-order chi connectivity index (χ0) is 21.5. The Morgan fingerprint density at radius 1 is 1.20 bits per heavy atom. The van der Waals surface area contributed by atoms with Crippen LogP contribution < -0.4 is 14.9 Å². The molecule has 0 heterocycles. The minimum Gasteiger partial charge on any atom is -0.493 e. The van der Waals surface area contributed by atoms with Crippen LogP contribution in [0.25, 0.3) is 0 Å². The summed E-state index contributed by atoms with van der Waals surface area (Å²) in [5.74, 6) is 0.875. The van der Waals surface area contributed by atoms with Gasteiger partial charge in [-0.05, 0) is 74.4 Å². The van der Waals surface area contributed by atoms with E-state index >= 15 is 0 Å². The number of benzene rings is 3. The monoisotopic (exact) mass is 598 g/mol. The average Bonchev–Trinajstić information content (AvgIpc) is 2.74. The van der Waals surface area contributed by atoms with E-state index < -0.39 is 0 Å². The molecule has 0 aliphatic heterocycles. The quantitative estimate of drug-likeness (QED) is 0.204. The Bertz CT molecular complexity index is 1090. The molecule has 0 bridgehead atoms. The van der Waals surface area contributed by atoms with Gasteiger partial charge in [0.25, 0.3) is 5.91 Å². The smallest absolute Gasteiger partial charge is 0.272 e. The molecule has 0 fully saturated rings. The van der Waals surface area contributed by atoms with Crippen LogP contribution in [-0.2, 0) is 6.61 Å². The first kappa shape index (κ1) is 22.6. The van der Waals surface area contributed by atoms with Gasteiger partial charge in [0, 0.05) is 15.1 Å². The zero-order valence-corrected chi connectivity index (χ0v) is 20.4. The van der Waals surface area contributed by atoms with E-state index in [4.69, 9.17) is 21.1 Å². The molecule has 0 spiro atoms. The van der Waals surface area contributed by atoms with Crippen LogP contribution >= 0.6 is 50.1 Å². The molecule has 5 nitrogen and oxygen atoms in total. The summed E-state index contributed by atoms with van der Waals surface area (Å²) in [6, 6.07) is 18.3. The van der Waals surface area contributed by atoms with Crippen molar-refractivity contribution in [2.24, 2.45) is 5.10 Å².